The molecule has 0 aromatic rings. The van der Waals surface area contributed by atoms with Gasteiger partial charge in [0.1, 0.15) is 6.04 Å². The predicted octanol–water partition coefficient (Wildman–Crippen LogP) is -1.02. The van der Waals surface area contributed by atoms with E-state index < -0.39 is 12.0 Å². The second kappa shape index (κ2) is 5.37. The maximum absolute atomic E-state index is 11.5. The highest BCUT2D eigenvalue weighted by Crippen LogP contribution is 2.08. The summed E-state index contributed by atoms with van der Waals surface area (Å²) in [7, 11) is 1.30. The number of rotatable bonds is 3. The summed E-state index contributed by atoms with van der Waals surface area (Å²) in [5.74, 6) is 1.90. The van der Waals surface area contributed by atoms with Crippen LogP contribution in [-0.2, 0) is 14.3 Å². The van der Waals surface area contributed by atoms with Crippen LogP contribution < -0.4 is 5.32 Å². The third kappa shape index (κ3) is 2.96. The van der Waals surface area contributed by atoms with Crippen LogP contribution in [0.1, 0.15) is 6.42 Å². The number of hydrogen-bond donors (Lipinski definition) is 1. The number of terminal acetylenes is 1. The average Bonchev–Trinajstić information content (AvgIpc) is 2.23. The number of nitrogens with one attached hydrogen (secondary N) is 1. The average molecular weight is 210 g/mol. The van der Waals surface area contributed by atoms with Crippen molar-refractivity contribution in [3.63, 3.8) is 0 Å². The van der Waals surface area contributed by atoms with Crippen molar-refractivity contribution in [3.05, 3.63) is 0 Å². The molecule has 1 atom stereocenters. The summed E-state index contributed by atoms with van der Waals surface area (Å²) < 4.78 is 4.53. The van der Waals surface area contributed by atoms with Gasteiger partial charge in [0.15, 0.2) is 0 Å². The van der Waals surface area contributed by atoms with E-state index in [9.17, 15) is 9.59 Å². The van der Waals surface area contributed by atoms with Crippen molar-refractivity contribution in [2.45, 2.75) is 12.5 Å². The maximum atomic E-state index is 11.5. The standard InChI is InChI=1S/C10H14N2O3/c1-3-5-12-6-4-11-10(14)8(12)7-9(13)15-2/h1,8H,4-7H2,2H3,(H,11,14)/t8-/m1/s1. The van der Waals surface area contributed by atoms with Gasteiger partial charge in [0.25, 0.3) is 0 Å². The largest absolute Gasteiger partial charge is 0.469 e. The van der Waals surface area contributed by atoms with Gasteiger partial charge in [0.2, 0.25) is 5.91 Å². The van der Waals surface area contributed by atoms with Crippen molar-refractivity contribution in [3.8, 4) is 12.3 Å². The van der Waals surface area contributed by atoms with Gasteiger partial charge in [0, 0.05) is 13.1 Å². The van der Waals surface area contributed by atoms with Crippen LogP contribution >= 0.6 is 0 Å². The fraction of sp³-hybridized carbons (Fsp3) is 0.600. The Labute approximate surface area is 88.8 Å². The van der Waals surface area contributed by atoms with Crippen molar-refractivity contribution < 1.29 is 14.3 Å². The molecule has 1 amide bonds. The lowest BCUT2D eigenvalue weighted by molar-refractivity contribution is -0.145. The Morgan fingerprint density at radius 1 is 1.80 bits per heavy atom. The van der Waals surface area contributed by atoms with Gasteiger partial charge >= 0.3 is 5.97 Å². The van der Waals surface area contributed by atoms with Crippen LogP contribution in [0.25, 0.3) is 0 Å². The van der Waals surface area contributed by atoms with E-state index in [1.807, 2.05) is 0 Å². The Kier molecular flexibility index (Phi) is 4.13. The molecule has 0 saturated carbocycles. The monoisotopic (exact) mass is 210 g/mol. The first kappa shape index (κ1) is 11.5. The first-order valence-electron chi connectivity index (χ1n) is 4.71. The third-order valence-corrected chi connectivity index (χ3v) is 2.32. The van der Waals surface area contributed by atoms with E-state index >= 15 is 0 Å². The molecule has 1 N–H and O–H groups in total. The summed E-state index contributed by atoms with van der Waals surface area (Å²) in [5.41, 5.74) is 0. The molecule has 1 fully saturated rings. The minimum Gasteiger partial charge on any atom is -0.469 e. The molecule has 1 rings (SSSR count). The zero-order valence-corrected chi connectivity index (χ0v) is 8.66. The SMILES string of the molecule is C#CCN1CCNC(=O)[C@H]1CC(=O)OC. The minimum absolute atomic E-state index is 0.0456. The second-order valence-corrected chi connectivity index (χ2v) is 3.26. The van der Waals surface area contributed by atoms with E-state index in [-0.39, 0.29) is 12.3 Å². The molecule has 0 unspecified atom stereocenters. The van der Waals surface area contributed by atoms with E-state index in [0.717, 1.165) is 0 Å². The van der Waals surface area contributed by atoms with Gasteiger partial charge in [-0.2, -0.15) is 0 Å². The molecule has 5 nitrogen and oxygen atoms in total. The van der Waals surface area contributed by atoms with E-state index in [2.05, 4.69) is 16.0 Å². The molecule has 1 saturated heterocycles. The predicted molar refractivity (Wildman–Crippen MR) is 53.8 cm³/mol. The number of methoxy groups -OCH3 is 1. The molecule has 1 aliphatic heterocycles. The summed E-state index contributed by atoms with van der Waals surface area (Å²) in [4.78, 5) is 24.4. The van der Waals surface area contributed by atoms with Gasteiger partial charge in [-0.25, -0.2) is 0 Å². The Bertz CT molecular complexity index is 296. The molecule has 0 spiro atoms. The topological polar surface area (TPSA) is 58.6 Å². The zero-order chi connectivity index (χ0) is 11.3. The lowest BCUT2D eigenvalue weighted by Gasteiger charge is -2.32. The molecule has 15 heavy (non-hydrogen) atoms. The van der Waals surface area contributed by atoms with Crippen molar-refractivity contribution in [2.24, 2.45) is 0 Å². The molecule has 5 heteroatoms. The van der Waals surface area contributed by atoms with Crippen molar-refractivity contribution in [1.82, 2.24) is 10.2 Å². The van der Waals surface area contributed by atoms with Crippen LogP contribution in [-0.4, -0.2) is 49.6 Å². The molecule has 0 aromatic heterocycles. The van der Waals surface area contributed by atoms with Gasteiger partial charge in [0.05, 0.1) is 20.1 Å². The van der Waals surface area contributed by atoms with Gasteiger partial charge in [-0.15, -0.1) is 6.42 Å². The number of hydrogen-bond acceptors (Lipinski definition) is 4. The molecule has 82 valence electrons. The number of nitrogens with zero attached hydrogens (tertiary/aromatic N) is 1. The zero-order valence-electron chi connectivity index (χ0n) is 8.66. The number of carbonyl (C=O) groups is 2. The number of carbonyl (C=O) groups excluding carboxylic acids is 2. The Morgan fingerprint density at radius 2 is 2.53 bits per heavy atom. The molecular formula is C10H14N2O3. The van der Waals surface area contributed by atoms with E-state index in [0.29, 0.717) is 19.6 Å². The van der Waals surface area contributed by atoms with Crippen LogP contribution in [0.5, 0.6) is 0 Å². The summed E-state index contributed by atoms with van der Waals surface area (Å²) in [6, 6.07) is -0.498. The summed E-state index contributed by atoms with van der Waals surface area (Å²) in [6.07, 6.45) is 5.24. The fourth-order valence-electron chi connectivity index (χ4n) is 1.53. The summed E-state index contributed by atoms with van der Waals surface area (Å²) >= 11 is 0. The van der Waals surface area contributed by atoms with Crippen LogP contribution in [0.3, 0.4) is 0 Å². The Balaban J connectivity index is 2.64. The third-order valence-electron chi connectivity index (χ3n) is 2.32. The highest BCUT2D eigenvalue weighted by molar-refractivity contribution is 5.87. The molecule has 1 aliphatic rings. The van der Waals surface area contributed by atoms with E-state index in [1.165, 1.54) is 7.11 Å². The quantitative estimate of drug-likeness (QED) is 0.478. The van der Waals surface area contributed by atoms with E-state index in [4.69, 9.17) is 6.42 Å². The Morgan fingerprint density at radius 3 is 3.13 bits per heavy atom. The van der Waals surface area contributed by atoms with Gasteiger partial charge in [-0.05, 0) is 0 Å². The highest BCUT2D eigenvalue weighted by Gasteiger charge is 2.31. The van der Waals surface area contributed by atoms with Crippen LogP contribution in [0.2, 0.25) is 0 Å². The minimum atomic E-state index is -0.498. The molecule has 1 heterocycles. The summed E-state index contributed by atoms with van der Waals surface area (Å²) in [6.45, 7) is 1.60. The van der Waals surface area contributed by atoms with Gasteiger partial charge in [-0.3, -0.25) is 14.5 Å². The van der Waals surface area contributed by atoms with Crippen LogP contribution in [0, 0.1) is 12.3 Å². The van der Waals surface area contributed by atoms with Crippen molar-refractivity contribution >= 4 is 11.9 Å². The van der Waals surface area contributed by atoms with Crippen molar-refractivity contribution in [2.75, 3.05) is 26.7 Å². The fourth-order valence-corrected chi connectivity index (χ4v) is 1.53. The lowest BCUT2D eigenvalue weighted by Crippen LogP contribution is -2.55. The number of piperazine rings is 1. The van der Waals surface area contributed by atoms with Crippen LogP contribution in [0.4, 0.5) is 0 Å². The summed E-state index contributed by atoms with van der Waals surface area (Å²) in [5, 5.41) is 2.69. The lowest BCUT2D eigenvalue weighted by atomic mass is 10.1. The van der Waals surface area contributed by atoms with Gasteiger partial charge in [-0.1, -0.05) is 5.92 Å². The maximum Gasteiger partial charge on any atom is 0.307 e. The second-order valence-electron chi connectivity index (χ2n) is 3.26. The normalized spacial score (nSPS) is 21.6. The highest BCUT2D eigenvalue weighted by atomic mass is 16.5. The van der Waals surface area contributed by atoms with E-state index in [1.54, 1.807) is 4.90 Å². The first-order chi connectivity index (χ1) is 7.19. The molecule has 0 aliphatic carbocycles. The van der Waals surface area contributed by atoms with Crippen LogP contribution in [0.15, 0.2) is 0 Å². The van der Waals surface area contributed by atoms with Crippen molar-refractivity contribution in [1.29, 1.82) is 0 Å². The number of esters is 1. The molecule has 0 radical (unpaired) electrons. The van der Waals surface area contributed by atoms with Gasteiger partial charge < -0.3 is 10.1 Å². The first-order valence-corrected chi connectivity index (χ1v) is 4.71. The number of amides is 1. The number of ether oxygens (including phenoxy) is 1. The molecular weight excluding hydrogens is 196 g/mol. The molecule has 0 aromatic carbocycles. The Hall–Kier alpha value is -1.54. The molecule has 0 bridgehead atoms. The smallest absolute Gasteiger partial charge is 0.307 e.